The third-order valence-electron chi connectivity index (χ3n) is 3.04. The number of nitrogens with zero attached hydrogens (tertiary/aromatic N) is 1. The van der Waals surface area contributed by atoms with E-state index >= 15 is 0 Å². The molecule has 0 spiro atoms. The van der Waals surface area contributed by atoms with Crippen LogP contribution in [-0.2, 0) is 9.84 Å². The van der Waals surface area contributed by atoms with Crippen molar-refractivity contribution in [2.45, 2.75) is 16.7 Å². The monoisotopic (exact) mass is 254 g/mol. The zero-order valence-electron chi connectivity index (χ0n) is 9.09. The molecule has 0 heterocycles. The van der Waals surface area contributed by atoms with Gasteiger partial charge in [0.15, 0.2) is 9.84 Å². The van der Waals surface area contributed by atoms with E-state index in [1.54, 1.807) is 6.07 Å². The molecule has 17 heavy (non-hydrogen) atoms. The van der Waals surface area contributed by atoms with Crippen molar-refractivity contribution in [2.24, 2.45) is 5.73 Å². The van der Waals surface area contributed by atoms with Crippen LogP contribution >= 0.6 is 0 Å². The molecule has 0 radical (unpaired) electrons. The molecule has 1 aliphatic rings. The Morgan fingerprint density at radius 2 is 2.18 bits per heavy atom. The highest BCUT2D eigenvalue weighted by Crippen LogP contribution is 2.53. The Hall–Kier alpha value is -1.45. The van der Waals surface area contributed by atoms with Gasteiger partial charge in [-0.05, 0) is 17.7 Å². The lowest BCUT2D eigenvalue weighted by atomic mass is 10.1. The molecule has 1 fully saturated rings. The van der Waals surface area contributed by atoms with Crippen LogP contribution in [0.2, 0.25) is 0 Å². The second-order valence-electron chi connectivity index (χ2n) is 4.33. The minimum absolute atomic E-state index is 0.449. The SMILES string of the molecule is CS(=O)(=O)[C@H]1[C@@H](c2cccc(F)c2)[C@@]1(N)C#N. The molecule has 0 unspecified atom stereocenters. The first-order valence-electron chi connectivity index (χ1n) is 4.95. The predicted molar refractivity (Wildman–Crippen MR) is 60.3 cm³/mol. The second kappa shape index (κ2) is 3.52. The Morgan fingerprint density at radius 3 is 2.59 bits per heavy atom. The molecular formula is C11H11FN2O2S. The Morgan fingerprint density at radius 1 is 1.53 bits per heavy atom. The number of halogens is 1. The zero-order valence-corrected chi connectivity index (χ0v) is 9.91. The van der Waals surface area contributed by atoms with E-state index in [2.05, 4.69) is 0 Å². The quantitative estimate of drug-likeness (QED) is 0.835. The number of benzene rings is 1. The van der Waals surface area contributed by atoms with Gasteiger partial charge in [-0.1, -0.05) is 12.1 Å². The zero-order chi connectivity index (χ0) is 12.8. The first kappa shape index (κ1) is 12.0. The van der Waals surface area contributed by atoms with Crippen LogP contribution in [0.4, 0.5) is 4.39 Å². The standard InChI is InChI=1S/C11H11FN2O2S/c1-17(15,16)10-9(11(10,14)6-13)7-3-2-4-8(12)5-7/h2-5,9-10H,14H2,1H3/t9-,10+,11+/m1/s1. The Balaban J connectivity index is 2.46. The molecule has 6 heteroatoms. The lowest BCUT2D eigenvalue weighted by Crippen LogP contribution is -2.28. The average Bonchev–Trinajstić information content (AvgIpc) is 2.86. The van der Waals surface area contributed by atoms with Crippen molar-refractivity contribution in [2.75, 3.05) is 6.26 Å². The molecule has 2 N–H and O–H groups in total. The first-order valence-corrected chi connectivity index (χ1v) is 6.90. The summed E-state index contributed by atoms with van der Waals surface area (Å²) >= 11 is 0. The summed E-state index contributed by atoms with van der Waals surface area (Å²) in [5.74, 6) is -1.12. The van der Waals surface area contributed by atoms with Crippen molar-refractivity contribution in [3.05, 3.63) is 35.6 Å². The maximum absolute atomic E-state index is 13.1. The third kappa shape index (κ3) is 1.81. The number of sulfone groups is 1. The van der Waals surface area contributed by atoms with E-state index < -0.39 is 32.4 Å². The van der Waals surface area contributed by atoms with Gasteiger partial charge in [-0.25, -0.2) is 12.8 Å². The van der Waals surface area contributed by atoms with Crippen molar-refractivity contribution in [3.8, 4) is 6.07 Å². The van der Waals surface area contributed by atoms with Gasteiger partial charge in [0.25, 0.3) is 0 Å². The normalized spacial score (nSPS) is 31.9. The fraction of sp³-hybridized carbons (Fsp3) is 0.364. The Labute approximate surface area is 98.8 Å². The Kier molecular flexibility index (Phi) is 2.49. The number of nitriles is 1. The molecule has 0 aromatic heterocycles. The lowest BCUT2D eigenvalue weighted by Gasteiger charge is -2.00. The van der Waals surface area contributed by atoms with E-state index in [9.17, 15) is 12.8 Å². The lowest BCUT2D eigenvalue weighted by molar-refractivity contribution is 0.597. The van der Waals surface area contributed by atoms with Gasteiger partial charge in [0.05, 0.1) is 6.07 Å². The smallest absolute Gasteiger partial charge is 0.153 e. The molecule has 1 saturated carbocycles. The molecule has 0 saturated heterocycles. The summed E-state index contributed by atoms with van der Waals surface area (Å²) in [5.41, 5.74) is 4.75. The molecule has 0 bridgehead atoms. The van der Waals surface area contributed by atoms with Crippen LogP contribution in [0.3, 0.4) is 0 Å². The van der Waals surface area contributed by atoms with Crippen LogP contribution in [0.1, 0.15) is 11.5 Å². The summed E-state index contributed by atoms with van der Waals surface area (Å²) in [6.45, 7) is 0. The van der Waals surface area contributed by atoms with Crippen LogP contribution in [0, 0.1) is 17.1 Å². The minimum atomic E-state index is -3.43. The average molecular weight is 254 g/mol. The molecule has 1 aromatic rings. The number of rotatable bonds is 2. The molecule has 1 aliphatic carbocycles. The highest BCUT2D eigenvalue weighted by atomic mass is 32.2. The molecule has 90 valence electrons. The van der Waals surface area contributed by atoms with Crippen molar-refractivity contribution in [3.63, 3.8) is 0 Å². The van der Waals surface area contributed by atoms with Crippen molar-refractivity contribution >= 4 is 9.84 Å². The van der Waals surface area contributed by atoms with E-state index in [-0.39, 0.29) is 0 Å². The van der Waals surface area contributed by atoms with E-state index in [1.807, 2.05) is 6.07 Å². The first-order chi connectivity index (χ1) is 7.80. The summed E-state index contributed by atoms with van der Waals surface area (Å²) in [6.07, 6.45) is 1.04. The van der Waals surface area contributed by atoms with Crippen LogP contribution in [0.25, 0.3) is 0 Å². The molecule has 0 aliphatic heterocycles. The molecule has 3 atom stereocenters. The summed E-state index contributed by atoms with van der Waals surface area (Å²) in [6, 6.07) is 7.34. The number of nitrogens with two attached hydrogens (primary N) is 1. The van der Waals surface area contributed by atoms with E-state index in [0.717, 1.165) is 6.26 Å². The van der Waals surface area contributed by atoms with Gasteiger partial charge in [0.2, 0.25) is 0 Å². The van der Waals surface area contributed by atoms with Gasteiger partial charge in [-0.2, -0.15) is 5.26 Å². The second-order valence-corrected chi connectivity index (χ2v) is 6.49. The maximum Gasteiger partial charge on any atom is 0.153 e. The molecule has 2 rings (SSSR count). The summed E-state index contributed by atoms with van der Waals surface area (Å²) in [7, 11) is -3.43. The molecular weight excluding hydrogens is 243 g/mol. The van der Waals surface area contributed by atoms with Gasteiger partial charge in [0.1, 0.15) is 16.6 Å². The van der Waals surface area contributed by atoms with Gasteiger partial charge >= 0.3 is 0 Å². The fourth-order valence-electron chi connectivity index (χ4n) is 2.26. The fourth-order valence-corrected chi connectivity index (χ4v) is 3.97. The van der Waals surface area contributed by atoms with Crippen LogP contribution in [-0.4, -0.2) is 25.5 Å². The van der Waals surface area contributed by atoms with Crippen LogP contribution in [0.5, 0.6) is 0 Å². The molecule has 1 aromatic carbocycles. The largest absolute Gasteiger partial charge is 0.312 e. The van der Waals surface area contributed by atoms with E-state index in [1.165, 1.54) is 18.2 Å². The summed E-state index contributed by atoms with van der Waals surface area (Å²) in [4.78, 5) is 0. The number of hydrogen-bond acceptors (Lipinski definition) is 4. The van der Waals surface area contributed by atoms with Crippen molar-refractivity contribution in [1.29, 1.82) is 5.26 Å². The van der Waals surface area contributed by atoms with Crippen molar-refractivity contribution < 1.29 is 12.8 Å². The third-order valence-corrected chi connectivity index (χ3v) is 4.63. The van der Waals surface area contributed by atoms with Gasteiger partial charge in [-0.3, -0.25) is 0 Å². The minimum Gasteiger partial charge on any atom is -0.312 e. The van der Waals surface area contributed by atoms with Crippen LogP contribution < -0.4 is 5.73 Å². The van der Waals surface area contributed by atoms with E-state index in [4.69, 9.17) is 11.0 Å². The summed E-state index contributed by atoms with van der Waals surface area (Å²) < 4.78 is 36.1. The van der Waals surface area contributed by atoms with Gasteiger partial charge < -0.3 is 5.73 Å². The van der Waals surface area contributed by atoms with Gasteiger partial charge in [-0.15, -0.1) is 0 Å². The van der Waals surface area contributed by atoms with E-state index in [0.29, 0.717) is 5.56 Å². The highest BCUT2D eigenvalue weighted by molar-refractivity contribution is 7.91. The summed E-state index contributed by atoms with van der Waals surface area (Å²) in [5, 5.41) is 8.01. The Bertz CT molecular complexity index is 608. The highest BCUT2D eigenvalue weighted by Gasteiger charge is 2.69. The van der Waals surface area contributed by atoms with Gasteiger partial charge in [0, 0.05) is 12.2 Å². The molecule has 4 nitrogen and oxygen atoms in total. The number of hydrogen-bond donors (Lipinski definition) is 1. The molecule has 0 amide bonds. The predicted octanol–water partition coefficient (Wildman–Crippen LogP) is 0.557. The topological polar surface area (TPSA) is 83.9 Å². The van der Waals surface area contributed by atoms with Crippen molar-refractivity contribution in [1.82, 2.24) is 0 Å². The van der Waals surface area contributed by atoms with Crippen LogP contribution in [0.15, 0.2) is 24.3 Å². The maximum atomic E-state index is 13.1.